The van der Waals surface area contributed by atoms with E-state index in [1.807, 2.05) is 35.4 Å². The Labute approximate surface area is 107 Å². The van der Waals surface area contributed by atoms with Crippen LogP contribution < -0.4 is 0 Å². The third-order valence-corrected chi connectivity index (χ3v) is 3.71. The van der Waals surface area contributed by atoms with Gasteiger partial charge in [-0.05, 0) is 25.0 Å². The zero-order chi connectivity index (χ0) is 12.4. The fraction of sp³-hybridized carbons (Fsp3) is 0.400. The number of para-hydroxylation sites is 1. The first-order valence-electron chi connectivity index (χ1n) is 6.71. The van der Waals surface area contributed by atoms with Gasteiger partial charge in [0, 0.05) is 24.7 Å². The third kappa shape index (κ3) is 2.01. The maximum atomic E-state index is 12.6. The summed E-state index contributed by atoms with van der Waals surface area (Å²) in [5.41, 5.74) is 1.77. The minimum Gasteiger partial charge on any atom is -0.361 e. The molecule has 0 saturated carbocycles. The number of benzene rings is 1. The number of nitrogens with zero attached hydrogens (tertiary/aromatic N) is 1. The molecular weight excluding hydrogens is 224 g/mol. The molecule has 0 aliphatic carbocycles. The van der Waals surface area contributed by atoms with Gasteiger partial charge in [-0.3, -0.25) is 4.79 Å². The number of carbonyl (C=O) groups excluding carboxylic acids is 1. The number of fused-ring (bicyclic) bond motifs is 1. The van der Waals surface area contributed by atoms with E-state index in [4.69, 9.17) is 0 Å². The molecule has 0 atom stereocenters. The van der Waals surface area contributed by atoms with Gasteiger partial charge < -0.3 is 9.88 Å². The van der Waals surface area contributed by atoms with Gasteiger partial charge in [-0.1, -0.05) is 25.0 Å². The summed E-state index contributed by atoms with van der Waals surface area (Å²) in [7, 11) is 0. The molecule has 3 nitrogen and oxygen atoms in total. The van der Waals surface area contributed by atoms with Crippen molar-refractivity contribution in [2.75, 3.05) is 13.1 Å². The number of hydrogen-bond acceptors (Lipinski definition) is 1. The third-order valence-electron chi connectivity index (χ3n) is 3.71. The van der Waals surface area contributed by atoms with Crippen LogP contribution in [0, 0.1) is 0 Å². The number of aromatic nitrogens is 1. The maximum absolute atomic E-state index is 12.6. The number of carbonyl (C=O) groups is 1. The van der Waals surface area contributed by atoms with Gasteiger partial charge in [0.1, 0.15) is 0 Å². The predicted molar refractivity (Wildman–Crippen MR) is 72.7 cm³/mol. The fourth-order valence-corrected chi connectivity index (χ4v) is 2.71. The Morgan fingerprint density at radius 1 is 1.06 bits per heavy atom. The van der Waals surface area contributed by atoms with E-state index in [2.05, 4.69) is 4.98 Å². The average molecular weight is 242 g/mol. The molecule has 1 aliphatic rings. The Morgan fingerprint density at radius 3 is 2.61 bits per heavy atom. The molecular formula is C15H18N2O. The molecule has 0 bridgehead atoms. The van der Waals surface area contributed by atoms with Crippen LogP contribution in [0.15, 0.2) is 30.5 Å². The second-order valence-electron chi connectivity index (χ2n) is 4.95. The van der Waals surface area contributed by atoms with Crippen molar-refractivity contribution in [3.63, 3.8) is 0 Å². The first-order chi connectivity index (χ1) is 8.86. The molecule has 2 heterocycles. The summed E-state index contributed by atoms with van der Waals surface area (Å²) in [6, 6.07) is 7.92. The summed E-state index contributed by atoms with van der Waals surface area (Å²) in [5.74, 6) is 0.171. The van der Waals surface area contributed by atoms with Crippen LogP contribution in [-0.4, -0.2) is 28.9 Å². The van der Waals surface area contributed by atoms with Crippen LogP contribution in [0.4, 0.5) is 0 Å². The van der Waals surface area contributed by atoms with E-state index in [9.17, 15) is 4.79 Å². The molecule has 1 N–H and O–H groups in total. The molecule has 0 unspecified atom stereocenters. The zero-order valence-electron chi connectivity index (χ0n) is 10.5. The van der Waals surface area contributed by atoms with Crippen molar-refractivity contribution < 1.29 is 4.79 Å². The van der Waals surface area contributed by atoms with Crippen LogP contribution in [0.2, 0.25) is 0 Å². The summed E-state index contributed by atoms with van der Waals surface area (Å²) < 4.78 is 0. The summed E-state index contributed by atoms with van der Waals surface area (Å²) >= 11 is 0. The lowest BCUT2D eigenvalue weighted by atomic mass is 10.1. The van der Waals surface area contributed by atoms with Gasteiger partial charge in [-0.2, -0.15) is 0 Å². The molecule has 18 heavy (non-hydrogen) atoms. The van der Waals surface area contributed by atoms with Crippen LogP contribution in [0.1, 0.15) is 36.0 Å². The molecule has 1 saturated heterocycles. The minimum absolute atomic E-state index is 0.171. The summed E-state index contributed by atoms with van der Waals surface area (Å²) in [5, 5.41) is 1.11. The first kappa shape index (κ1) is 11.3. The molecule has 1 amide bonds. The van der Waals surface area contributed by atoms with Gasteiger partial charge in [0.2, 0.25) is 0 Å². The molecule has 3 rings (SSSR count). The molecule has 3 heteroatoms. The molecule has 94 valence electrons. The predicted octanol–water partition coefficient (Wildman–Crippen LogP) is 3.18. The van der Waals surface area contributed by atoms with Gasteiger partial charge in [0.15, 0.2) is 0 Å². The molecule has 1 aromatic heterocycles. The van der Waals surface area contributed by atoms with Gasteiger partial charge in [0.05, 0.1) is 11.1 Å². The molecule has 1 aromatic carbocycles. The van der Waals surface area contributed by atoms with E-state index in [0.29, 0.717) is 0 Å². The van der Waals surface area contributed by atoms with Crippen LogP contribution >= 0.6 is 0 Å². The van der Waals surface area contributed by atoms with E-state index in [0.717, 1.165) is 42.4 Å². The van der Waals surface area contributed by atoms with Gasteiger partial charge in [-0.15, -0.1) is 0 Å². The number of nitrogens with one attached hydrogen (secondary N) is 1. The number of H-pyrrole nitrogens is 1. The Bertz CT molecular complexity index is 550. The second-order valence-corrected chi connectivity index (χ2v) is 4.95. The van der Waals surface area contributed by atoms with Crippen molar-refractivity contribution in [3.8, 4) is 0 Å². The zero-order valence-corrected chi connectivity index (χ0v) is 10.5. The SMILES string of the molecule is O=C(c1cccc2cc[nH]c12)N1CCCCCC1. The molecule has 0 radical (unpaired) electrons. The molecule has 1 aliphatic heterocycles. The topological polar surface area (TPSA) is 36.1 Å². The smallest absolute Gasteiger partial charge is 0.255 e. The number of aromatic amines is 1. The van der Waals surface area contributed by atoms with Crippen molar-refractivity contribution in [3.05, 3.63) is 36.0 Å². The Balaban J connectivity index is 1.93. The highest BCUT2D eigenvalue weighted by atomic mass is 16.2. The van der Waals surface area contributed by atoms with E-state index in [1.54, 1.807) is 0 Å². The highest BCUT2D eigenvalue weighted by molar-refractivity contribution is 6.05. The summed E-state index contributed by atoms with van der Waals surface area (Å²) in [6.45, 7) is 1.80. The normalized spacial score (nSPS) is 16.8. The Morgan fingerprint density at radius 2 is 1.83 bits per heavy atom. The van der Waals surface area contributed by atoms with E-state index in [-0.39, 0.29) is 5.91 Å². The summed E-state index contributed by atoms with van der Waals surface area (Å²) in [6.07, 6.45) is 6.65. The van der Waals surface area contributed by atoms with Crippen LogP contribution in [-0.2, 0) is 0 Å². The highest BCUT2D eigenvalue weighted by Gasteiger charge is 2.19. The van der Waals surface area contributed by atoms with E-state index >= 15 is 0 Å². The monoisotopic (exact) mass is 242 g/mol. The minimum atomic E-state index is 0.171. The van der Waals surface area contributed by atoms with Gasteiger partial charge in [0.25, 0.3) is 5.91 Å². The van der Waals surface area contributed by atoms with E-state index < -0.39 is 0 Å². The first-order valence-corrected chi connectivity index (χ1v) is 6.71. The number of hydrogen-bond donors (Lipinski definition) is 1. The second kappa shape index (κ2) is 4.84. The number of rotatable bonds is 1. The van der Waals surface area contributed by atoms with Crippen LogP contribution in [0.5, 0.6) is 0 Å². The standard InChI is InChI=1S/C15H18N2O/c18-15(17-10-3-1-2-4-11-17)13-7-5-6-12-8-9-16-14(12)13/h5-9,16H,1-4,10-11H2. The van der Waals surface area contributed by atoms with Crippen LogP contribution in [0.3, 0.4) is 0 Å². The fourth-order valence-electron chi connectivity index (χ4n) is 2.71. The Hall–Kier alpha value is -1.77. The Kier molecular flexibility index (Phi) is 3.05. The number of amides is 1. The molecule has 1 fully saturated rings. The van der Waals surface area contributed by atoms with Gasteiger partial charge in [-0.25, -0.2) is 0 Å². The van der Waals surface area contributed by atoms with Crippen molar-refractivity contribution in [1.29, 1.82) is 0 Å². The largest absolute Gasteiger partial charge is 0.361 e. The van der Waals surface area contributed by atoms with Crippen molar-refractivity contribution in [2.24, 2.45) is 0 Å². The quantitative estimate of drug-likeness (QED) is 0.819. The van der Waals surface area contributed by atoms with Crippen molar-refractivity contribution in [2.45, 2.75) is 25.7 Å². The van der Waals surface area contributed by atoms with E-state index in [1.165, 1.54) is 12.8 Å². The highest BCUT2D eigenvalue weighted by Crippen LogP contribution is 2.20. The van der Waals surface area contributed by atoms with Gasteiger partial charge >= 0.3 is 0 Å². The van der Waals surface area contributed by atoms with Crippen LogP contribution in [0.25, 0.3) is 10.9 Å². The molecule has 0 spiro atoms. The summed E-state index contributed by atoms with van der Waals surface area (Å²) in [4.78, 5) is 17.7. The lowest BCUT2D eigenvalue weighted by Gasteiger charge is -2.20. The average Bonchev–Trinajstić information content (AvgIpc) is 2.71. The molecule has 2 aromatic rings. The van der Waals surface area contributed by atoms with Crippen molar-refractivity contribution in [1.82, 2.24) is 9.88 Å². The lowest BCUT2D eigenvalue weighted by molar-refractivity contribution is 0.0763. The number of likely N-dealkylation sites (tertiary alicyclic amines) is 1. The van der Waals surface area contributed by atoms with Crippen molar-refractivity contribution >= 4 is 16.8 Å². The lowest BCUT2D eigenvalue weighted by Crippen LogP contribution is -2.31. The maximum Gasteiger partial charge on any atom is 0.255 e.